The molecule has 0 spiro atoms. The molecule has 4 aliphatic heterocycles. The van der Waals surface area contributed by atoms with Gasteiger partial charge in [0.1, 0.15) is 24.0 Å². The van der Waals surface area contributed by atoms with E-state index >= 15 is 0 Å². The number of hydrogen-bond acceptors (Lipinski definition) is 13. The van der Waals surface area contributed by atoms with Crippen molar-refractivity contribution in [3.8, 4) is 17.6 Å². The number of halogens is 4. The molecule has 5 heterocycles. The number of para-hydroxylation sites is 1. The van der Waals surface area contributed by atoms with Crippen LogP contribution in [0.4, 0.5) is 47.7 Å². The van der Waals surface area contributed by atoms with E-state index < -0.39 is 31.2 Å². The first-order valence-corrected chi connectivity index (χ1v) is 26.4. The van der Waals surface area contributed by atoms with Crippen LogP contribution in [0.15, 0.2) is 72.9 Å². The zero-order valence-corrected chi connectivity index (χ0v) is 41.2. The fourth-order valence-corrected chi connectivity index (χ4v) is 10.7. The van der Waals surface area contributed by atoms with E-state index in [0.717, 1.165) is 63.1 Å². The van der Waals surface area contributed by atoms with Gasteiger partial charge in [-0.1, -0.05) is 41.6 Å². The molecular formula is C50H55ClF3N10O6P. The lowest BCUT2D eigenvalue weighted by molar-refractivity contribution is -0.137. The van der Waals surface area contributed by atoms with Crippen LogP contribution in [0.25, 0.3) is 0 Å². The minimum absolute atomic E-state index is 0.0914. The lowest BCUT2D eigenvalue weighted by Crippen LogP contribution is -2.53. The molecule has 21 heteroatoms. The lowest BCUT2D eigenvalue weighted by atomic mass is 10.0. The molecule has 3 fully saturated rings. The molecule has 16 nitrogen and oxygen atoms in total. The summed E-state index contributed by atoms with van der Waals surface area (Å²) >= 11 is 6.50. The second kappa shape index (κ2) is 21.9. The number of alkyl halides is 3. The van der Waals surface area contributed by atoms with Crippen LogP contribution < -0.4 is 36.2 Å². The summed E-state index contributed by atoms with van der Waals surface area (Å²) < 4.78 is 58.1. The van der Waals surface area contributed by atoms with E-state index in [1.165, 1.54) is 18.2 Å². The van der Waals surface area contributed by atoms with Gasteiger partial charge in [-0.15, -0.1) is 0 Å². The number of allylic oxidation sites excluding steroid dienone is 1. The number of carbonyl (C=O) groups is 4. The van der Waals surface area contributed by atoms with Crippen molar-refractivity contribution in [2.24, 2.45) is 0 Å². The van der Waals surface area contributed by atoms with Crippen molar-refractivity contribution >= 4 is 82.2 Å². The number of nitrogens with one attached hydrogen (secondary N) is 4. The van der Waals surface area contributed by atoms with Gasteiger partial charge in [0.25, 0.3) is 5.91 Å². The number of piperidine rings is 2. The monoisotopic (exact) mass is 1010 g/mol. The number of fused-ring (bicyclic) bond motifs is 1. The van der Waals surface area contributed by atoms with Crippen molar-refractivity contribution in [1.82, 2.24) is 30.0 Å². The first-order valence-electron chi connectivity index (χ1n) is 23.4. The number of amides is 4. The molecule has 0 bridgehead atoms. The van der Waals surface area contributed by atoms with Crippen LogP contribution in [0.5, 0.6) is 5.75 Å². The summed E-state index contributed by atoms with van der Waals surface area (Å²) in [6, 6.07) is 15.5. The van der Waals surface area contributed by atoms with Gasteiger partial charge < -0.3 is 40.0 Å². The minimum atomic E-state index is -4.68. The van der Waals surface area contributed by atoms with Crippen LogP contribution in [-0.4, -0.2) is 133 Å². The van der Waals surface area contributed by atoms with E-state index in [4.69, 9.17) is 16.3 Å². The van der Waals surface area contributed by atoms with Gasteiger partial charge in [-0.25, -0.2) is 4.98 Å². The number of rotatable bonds is 14. The molecule has 0 aliphatic carbocycles. The lowest BCUT2D eigenvalue weighted by Gasteiger charge is -2.43. The van der Waals surface area contributed by atoms with E-state index in [-0.39, 0.29) is 53.3 Å². The number of aromatic nitrogens is 2. The van der Waals surface area contributed by atoms with Gasteiger partial charge in [-0.05, 0) is 81.5 Å². The average molecular weight is 1020 g/mol. The summed E-state index contributed by atoms with van der Waals surface area (Å²) in [6.07, 6.45) is 0.755. The zero-order chi connectivity index (χ0) is 50.5. The SMILES string of the molecule is COc1cc(N2CCC(N3CCN(CCCC#Cc4cccc5c4CN(C4CCC(=O)NC4=O)C5=O)CC3)CC2)c(NC(=O)/C=C/C(F)(F)F)cc1Nc1ncc(Cl)c(Nc2ccccc2P(C)(C)=O)n1. The Kier molecular flexibility index (Phi) is 15.7. The van der Waals surface area contributed by atoms with Crippen LogP contribution in [0.1, 0.15) is 60.0 Å². The maximum absolute atomic E-state index is 13.2. The van der Waals surface area contributed by atoms with E-state index in [1.807, 2.05) is 12.1 Å². The largest absolute Gasteiger partial charge is 0.494 e. The predicted molar refractivity (Wildman–Crippen MR) is 268 cm³/mol. The number of nitrogens with zero attached hydrogens (tertiary/aromatic N) is 6. The molecule has 3 saturated heterocycles. The van der Waals surface area contributed by atoms with Gasteiger partial charge >= 0.3 is 6.18 Å². The number of carbonyl (C=O) groups excluding carboxylic acids is 4. The first kappa shape index (κ1) is 50.9. The van der Waals surface area contributed by atoms with Gasteiger partial charge in [0, 0.05) is 99.3 Å². The Hall–Kier alpha value is -6.45. The number of piperazine rings is 1. The first-order chi connectivity index (χ1) is 33.9. The molecule has 0 saturated carbocycles. The van der Waals surface area contributed by atoms with E-state index in [1.54, 1.807) is 55.8 Å². The van der Waals surface area contributed by atoms with Crippen molar-refractivity contribution in [3.05, 3.63) is 94.7 Å². The summed E-state index contributed by atoms with van der Waals surface area (Å²) in [5.74, 6) is 5.29. The molecule has 1 unspecified atom stereocenters. The molecule has 4 aliphatic rings. The Bertz CT molecular complexity index is 2830. The van der Waals surface area contributed by atoms with E-state index in [9.17, 15) is 36.9 Å². The molecule has 8 rings (SSSR count). The summed E-state index contributed by atoms with van der Waals surface area (Å²) in [5, 5.41) is 12.1. The summed E-state index contributed by atoms with van der Waals surface area (Å²) in [7, 11) is -1.20. The van der Waals surface area contributed by atoms with Gasteiger partial charge in [-0.2, -0.15) is 18.2 Å². The fraction of sp³-hybridized carbons (Fsp3) is 0.400. The maximum atomic E-state index is 13.2. The third kappa shape index (κ3) is 12.5. The highest BCUT2D eigenvalue weighted by molar-refractivity contribution is 7.70. The van der Waals surface area contributed by atoms with Crippen LogP contribution >= 0.6 is 18.7 Å². The average Bonchev–Trinajstić information content (AvgIpc) is 3.67. The highest BCUT2D eigenvalue weighted by Crippen LogP contribution is 2.41. The molecule has 4 aromatic rings. The standard InChI is InChI=1S/C50H55ClF3N10O6P/c1-70-42-29-41(38(56-45(66)17-20-50(52,53)54)28-39(42)58-49-55-30-36(51)46(60-49)57-37-13-6-7-14-43(37)71(2,3)69)63-22-18-33(19-23-63)62-26-24-61(25-27-62)21-8-4-5-10-32-11-9-12-34-35(32)31-64(48(34)68)40-15-16-44(65)59-47(40)67/h6-7,9,11-14,17,20,28-30,33,40H,4,8,15-16,18-19,21-27,31H2,1-3H3,(H,56,66)(H,59,65,67)(H2,55,57,58,60)/b20-17+. The highest BCUT2D eigenvalue weighted by Gasteiger charge is 2.40. The number of benzene rings is 3. The summed E-state index contributed by atoms with van der Waals surface area (Å²) in [6.45, 7) is 9.36. The van der Waals surface area contributed by atoms with Gasteiger partial charge in [0.05, 0.1) is 36.1 Å². The fourth-order valence-electron chi connectivity index (χ4n) is 9.43. The van der Waals surface area contributed by atoms with E-state index in [2.05, 4.69) is 57.8 Å². The van der Waals surface area contributed by atoms with Crippen molar-refractivity contribution in [3.63, 3.8) is 0 Å². The highest BCUT2D eigenvalue weighted by atomic mass is 35.5. The summed E-state index contributed by atoms with van der Waals surface area (Å²) in [5.41, 5.74) is 3.84. The van der Waals surface area contributed by atoms with Crippen molar-refractivity contribution in [2.45, 2.75) is 63.3 Å². The number of imide groups is 1. The molecule has 4 N–H and O–H groups in total. The molecule has 4 amide bonds. The smallest absolute Gasteiger partial charge is 0.409 e. The second-order valence-corrected chi connectivity index (χ2v) is 21.8. The van der Waals surface area contributed by atoms with Crippen molar-refractivity contribution < 1.29 is 41.7 Å². The molecule has 0 radical (unpaired) electrons. The Morgan fingerprint density at radius 3 is 2.45 bits per heavy atom. The zero-order valence-electron chi connectivity index (χ0n) is 39.6. The van der Waals surface area contributed by atoms with Crippen LogP contribution in [0, 0.1) is 11.8 Å². The van der Waals surface area contributed by atoms with E-state index in [0.29, 0.717) is 71.7 Å². The number of hydrogen-bond donors (Lipinski definition) is 4. The van der Waals surface area contributed by atoms with Crippen LogP contribution in [0.2, 0.25) is 5.02 Å². The van der Waals surface area contributed by atoms with Crippen LogP contribution in [0.3, 0.4) is 0 Å². The molecular weight excluding hydrogens is 960 g/mol. The Balaban J connectivity index is 0.869. The Labute approximate surface area is 415 Å². The van der Waals surface area contributed by atoms with Gasteiger partial charge in [-0.3, -0.25) is 29.4 Å². The predicted octanol–water partition coefficient (Wildman–Crippen LogP) is 7.11. The maximum Gasteiger partial charge on any atom is 0.409 e. The molecule has 3 aromatic carbocycles. The Morgan fingerprint density at radius 2 is 1.73 bits per heavy atom. The number of ether oxygens (including phenoxy) is 1. The van der Waals surface area contributed by atoms with Crippen LogP contribution in [-0.2, 0) is 25.5 Å². The second-order valence-electron chi connectivity index (χ2n) is 18.2. The molecule has 1 aromatic heterocycles. The van der Waals surface area contributed by atoms with Gasteiger partial charge in [0.2, 0.25) is 23.7 Å². The number of anilines is 6. The molecule has 71 heavy (non-hydrogen) atoms. The molecule has 1 atom stereocenters. The topological polar surface area (TPSA) is 181 Å². The third-order valence-electron chi connectivity index (χ3n) is 13.0. The van der Waals surface area contributed by atoms with Crippen molar-refractivity contribution in [1.29, 1.82) is 0 Å². The van der Waals surface area contributed by atoms with Crippen molar-refractivity contribution in [2.75, 3.05) is 87.1 Å². The number of methoxy groups -OCH3 is 1. The quantitative estimate of drug-likeness (QED) is 0.0330. The third-order valence-corrected chi connectivity index (χ3v) is 14.9. The normalized spacial score (nSPS) is 18.2. The minimum Gasteiger partial charge on any atom is -0.494 e. The summed E-state index contributed by atoms with van der Waals surface area (Å²) in [4.78, 5) is 67.8. The Morgan fingerprint density at radius 1 is 0.972 bits per heavy atom. The molecule has 374 valence electrons. The van der Waals surface area contributed by atoms with Gasteiger partial charge in [0.15, 0.2) is 5.82 Å². The number of unbranched alkanes of at least 4 members (excludes halogenated alkanes) is 1.